The van der Waals surface area contributed by atoms with Gasteiger partial charge in [-0.2, -0.15) is 14.5 Å². The average Bonchev–Trinajstić information content (AvgIpc) is 3.52. The summed E-state index contributed by atoms with van der Waals surface area (Å²) >= 11 is 0. The maximum Gasteiger partial charge on any atom is 0.286 e. The van der Waals surface area contributed by atoms with Crippen LogP contribution in [0.2, 0.25) is 0 Å². The molecule has 0 saturated heterocycles. The molecule has 0 bridgehead atoms. The number of amides is 2. The third-order valence-corrected chi connectivity index (χ3v) is 7.63. The highest BCUT2D eigenvalue weighted by atomic mass is 32.3. The maximum atomic E-state index is 13.0. The van der Waals surface area contributed by atoms with Crippen LogP contribution in [-0.2, 0) is 19.2 Å². The summed E-state index contributed by atoms with van der Waals surface area (Å²) in [5.41, 5.74) is 5.89. The van der Waals surface area contributed by atoms with Crippen LogP contribution in [0.5, 0.6) is 0 Å². The van der Waals surface area contributed by atoms with Crippen molar-refractivity contribution in [2.75, 3.05) is 5.75 Å². The summed E-state index contributed by atoms with van der Waals surface area (Å²) in [6.45, 7) is 6.81. The zero-order valence-corrected chi connectivity index (χ0v) is 18.8. The lowest BCUT2D eigenvalue weighted by atomic mass is 9.93. The fourth-order valence-corrected chi connectivity index (χ4v) is 5.60. The quantitative estimate of drug-likeness (QED) is 0.326. The Labute approximate surface area is 178 Å². The molecule has 2 unspecified atom stereocenters. The van der Waals surface area contributed by atoms with Crippen molar-refractivity contribution >= 4 is 27.9 Å². The molecule has 30 heavy (non-hydrogen) atoms. The minimum Gasteiger partial charge on any atom is -0.385 e. The van der Waals surface area contributed by atoms with E-state index in [1.807, 2.05) is 13.8 Å². The summed E-state index contributed by atoms with van der Waals surface area (Å²) in [6.07, 6.45) is 3.64. The van der Waals surface area contributed by atoms with Gasteiger partial charge in [0.2, 0.25) is 5.91 Å². The smallest absolute Gasteiger partial charge is 0.286 e. The van der Waals surface area contributed by atoms with E-state index in [0.29, 0.717) is 0 Å². The van der Waals surface area contributed by atoms with Crippen molar-refractivity contribution in [3.8, 4) is 0 Å². The summed E-state index contributed by atoms with van der Waals surface area (Å²) in [7, 11) is -3.37. The van der Waals surface area contributed by atoms with E-state index in [9.17, 15) is 18.4 Å². The second-order valence-corrected chi connectivity index (χ2v) is 11.0. The van der Waals surface area contributed by atoms with Gasteiger partial charge in [0.15, 0.2) is 5.75 Å². The number of nitrogens with zero attached hydrogens (tertiary/aromatic N) is 2. The normalized spacial score (nSPS) is 21.1. The minimum absolute atomic E-state index is 0.00887. The van der Waals surface area contributed by atoms with Crippen molar-refractivity contribution in [1.29, 1.82) is 0 Å². The maximum absolute atomic E-state index is 13.0. The molecule has 9 heteroatoms. The number of aliphatic imine (C=N–C) groups is 1. The van der Waals surface area contributed by atoms with E-state index < -0.39 is 27.6 Å². The van der Waals surface area contributed by atoms with Crippen molar-refractivity contribution in [2.45, 2.75) is 69.9 Å². The summed E-state index contributed by atoms with van der Waals surface area (Å²) in [4.78, 5) is 32.6. The number of rotatable bonds is 8. The van der Waals surface area contributed by atoms with Crippen LogP contribution < -0.4 is 11.1 Å². The Morgan fingerprint density at radius 1 is 1.33 bits per heavy atom. The lowest BCUT2D eigenvalue weighted by molar-refractivity contribution is -0.115. The Kier molecular flexibility index (Phi) is 6.15. The second-order valence-electron chi connectivity index (χ2n) is 9.01. The fraction of sp³-hybridized carbons (Fsp3) is 0.619. The van der Waals surface area contributed by atoms with Crippen molar-refractivity contribution in [3.05, 3.63) is 23.4 Å². The van der Waals surface area contributed by atoms with E-state index in [1.54, 1.807) is 19.1 Å². The van der Waals surface area contributed by atoms with Gasteiger partial charge in [-0.15, -0.1) is 0 Å². The number of nitrogens with two attached hydrogens (primary N) is 1. The summed E-state index contributed by atoms with van der Waals surface area (Å²) in [5.74, 6) is -0.479. The third-order valence-electron chi connectivity index (χ3n) is 5.58. The number of hydrogen-bond donors (Lipinski definition) is 3. The van der Waals surface area contributed by atoms with Gasteiger partial charge >= 0.3 is 0 Å². The molecule has 1 aromatic heterocycles. The Bertz CT molecular complexity index is 937. The molecule has 2 aliphatic rings. The first kappa shape index (κ1) is 22.6. The molecular formula is C21H31N4O4S+. The van der Waals surface area contributed by atoms with Crippen molar-refractivity contribution in [3.63, 3.8) is 0 Å². The van der Waals surface area contributed by atoms with Gasteiger partial charge in [-0.25, -0.2) is 0 Å². The molecule has 2 amide bonds. The molecule has 1 aromatic rings. The van der Waals surface area contributed by atoms with Gasteiger partial charge in [0.1, 0.15) is 11.5 Å². The largest absolute Gasteiger partial charge is 0.385 e. The van der Waals surface area contributed by atoms with Gasteiger partial charge in [0.05, 0.1) is 5.54 Å². The topological polar surface area (TPSA) is 135 Å². The highest BCUT2D eigenvalue weighted by Gasteiger charge is 2.47. The second kappa shape index (κ2) is 8.19. The van der Waals surface area contributed by atoms with E-state index in [-0.39, 0.29) is 40.1 Å². The molecule has 4 N–H and O–H groups in total. The molecule has 0 aromatic carbocycles. The van der Waals surface area contributed by atoms with E-state index in [4.69, 9.17) is 5.73 Å². The van der Waals surface area contributed by atoms with Gasteiger partial charge in [-0.3, -0.25) is 9.59 Å². The average molecular weight is 436 g/mol. The molecule has 2 fully saturated rings. The number of hydrogen-bond acceptors (Lipinski definition) is 4. The summed E-state index contributed by atoms with van der Waals surface area (Å²) in [6, 6.07) is 3.33. The first-order valence-corrected chi connectivity index (χ1v) is 12.1. The fourth-order valence-electron chi connectivity index (χ4n) is 3.69. The molecule has 3 rings (SSSR count). The number of pyridine rings is 1. The summed E-state index contributed by atoms with van der Waals surface area (Å²) < 4.78 is 23.7. The van der Waals surface area contributed by atoms with Crippen LogP contribution in [-0.4, -0.2) is 38.5 Å². The lowest BCUT2D eigenvalue weighted by Crippen LogP contribution is -2.57. The standard InChI is InChI=1S/C21H30N4O4S/c1-12(2)11-30(28,29)19-16(14-5-6-14)9-10-17(24-19)18(27)25-21(4,15-7-8-15)20(22)23-13(3)26/h9-10,12,14-15H,5-8,11H2,1-4H3,(H3-,22,23,25,26,27,28,29)/p+1. The van der Waals surface area contributed by atoms with Crippen LogP contribution in [0.4, 0.5) is 0 Å². The van der Waals surface area contributed by atoms with Gasteiger partial charge in [0.25, 0.3) is 21.1 Å². The zero-order chi connectivity index (χ0) is 22.3. The van der Waals surface area contributed by atoms with Crippen LogP contribution in [0.3, 0.4) is 0 Å². The third kappa shape index (κ3) is 4.95. The molecule has 8 nitrogen and oxygen atoms in total. The SMILES string of the molecule is CC(=O)N=C(N)C(C)(NC(=O)c1ccc(C2CC2)c([S+](=O)(O)CC(C)C)n1)C1CC1. The molecule has 1 heterocycles. The molecular weight excluding hydrogens is 404 g/mol. The van der Waals surface area contributed by atoms with Gasteiger partial charge in [-0.05, 0) is 56.6 Å². The van der Waals surface area contributed by atoms with E-state index in [2.05, 4.69) is 15.3 Å². The number of amidine groups is 1. The molecule has 0 spiro atoms. The van der Waals surface area contributed by atoms with Crippen LogP contribution >= 0.6 is 0 Å². The Balaban J connectivity index is 1.93. The lowest BCUT2D eigenvalue weighted by Gasteiger charge is -2.30. The highest BCUT2D eigenvalue weighted by molar-refractivity contribution is 7.97. The van der Waals surface area contributed by atoms with E-state index >= 15 is 0 Å². The molecule has 164 valence electrons. The predicted octanol–water partition coefficient (Wildman–Crippen LogP) is 2.75. The molecule has 0 aliphatic heterocycles. The number of carbonyl (C=O) groups excluding carboxylic acids is 2. The van der Waals surface area contributed by atoms with Gasteiger partial charge < -0.3 is 11.1 Å². The highest BCUT2D eigenvalue weighted by Crippen LogP contribution is 2.44. The van der Waals surface area contributed by atoms with Gasteiger partial charge in [-0.1, -0.05) is 18.1 Å². The number of nitrogens with one attached hydrogen (secondary N) is 1. The number of aromatic nitrogens is 1. The first-order chi connectivity index (χ1) is 13.9. The van der Waals surface area contributed by atoms with Crippen molar-refractivity contribution < 1.29 is 18.4 Å². The van der Waals surface area contributed by atoms with Crippen LogP contribution in [0.25, 0.3) is 0 Å². The molecule has 0 radical (unpaired) electrons. The summed E-state index contributed by atoms with van der Waals surface area (Å²) in [5, 5.41) is 2.99. The molecule has 2 aliphatic carbocycles. The first-order valence-electron chi connectivity index (χ1n) is 10.4. The Hall–Kier alpha value is -2.13. The van der Waals surface area contributed by atoms with E-state index in [1.165, 1.54) is 6.92 Å². The predicted molar refractivity (Wildman–Crippen MR) is 116 cm³/mol. The minimum atomic E-state index is -3.37. The monoisotopic (exact) mass is 435 g/mol. The Morgan fingerprint density at radius 3 is 2.47 bits per heavy atom. The molecule has 2 atom stereocenters. The van der Waals surface area contributed by atoms with Crippen LogP contribution in [0.1, 0.15) is 75.3 Å². The van der Waals surface area contributed by atoms with Gasteiger partial charge in [0, 0.05) is 18.4 Å². The Morgan fingerprint density at radius 2 is 1.97 bits per heavy atom. The zero-order valence-electron chi connectivity index (χ0n) is 18.0. The molecule has 2 saturated carbocycles. The van der Waals surface area contributed by atoms with Crippen LogP contribution in [0.15, 0.2) is 22.2 Å². The van der Waals surface area contributed by atoms with Crippen molar-refractivity contribution in [2.24, 2.45) is 22.6 Å². The van der Waals surface area contributed by atoms with Crippen molar-refractivity contribution in [1.82, 2.24) is 10.3 Å². The van der Waals surface area contributed by atoms with E-state index in [0.717, 1.165) is 31.2 Å². The number of carbonyl (C=O) groups is 2. The van der Waals surface area contributed by atoms with Crippen LogP contribution in [0, 0.1) is 11.8 Å².